The first-order valence-corrected chi connectivity index (χ1v) is 7.24. The highest BCUT2D eigenvalue weighted by molar-refractivity contribution is 5.82. The number of carbonyl (C=O) groups is 1. The van der Waals surface area contributed by atoms with E-state index in [2.05, 4.69) is 27.1 Å². The van der Waals surface area contributed by atoms with Crippen LogP contribution < -0.4 is 10.2 Å². The first-order chi connectivity index (χ1) is 9.76. The van der Waals surface area contributed by atoms with Gasteiger partial charge in [0.2, 0.25) is 0 Å². The number of rotatable bonds is 4. The maximum atomic E-state index is 12.1. The topological polar surface area (TPSA) is 67.3 Å². The summed E-state index contributed by atoms with van der Waals surface area (Å²) < 4.78 is 5.58. The van der Waals surface area contributed by atoms with Crippen molar-refractivity contribution in [3.63, 3.8) is 0 Å². The van der Waals surface area contributed by atoms with Crippen LogP contribution in [-0.2, 0) is 16.0 Å². The molecule has 1 atom stereocenters. The lowest BCUT2D eigenvalue weighted by atomic mass is 10.2. The maximum absolute atomic E-state index is 12.1. The van der Waals surface area contributed by atoms with Crippen molar-refractivity contribution in [2.45, 2.75) is 38.3 Å². The summed E-state index contributed by atoms with van der Waals surface area (Å²) in [6, 6.07) is 2.36. The van der Waals surface area contributed by atoms with Crippen LogP contribution in [-0.4, -0.2) is 47.7 Å². The minimum atomic E-state index is -0.399. The molecule has 1 aromatic heterocycles. The number of ether oxygens (including phenoxy) is 1. The summed E-state index contributed by atoms with van der Waals surface area (Å²) in [5, 5.41) is 2.99. The van der Waals surface area contributed by atoms with Crippen LogP contribution in [0.5, 0.6) is 0 Å². The van der Waals surface area contributed by atoms with Crippen molar-refractivity contribution in [2.75, 3.05) is 24.6 Å². The van der Waals surface area contributed by atoms with Crippen LogP contribution in [0, 0.1) is 0 Å². The summed E-state index contributed by atoms with van der Waals surface area (Å²) in [6.45, 7) is 3.93. The summed E-state index contributed by atoms with van der Waals surface area (Å²) >= 11 is 0. The van der Waals surface area contributed by atoms with Crippen molar-refractivity contribution in [2.24, 2.45) is 0 Å². The third-order valence-corrected chi connectivity index (χ3v) is 3.68. The van der Waals surface area contributed by atoms with Gasteiger partial charge in [-0.15, -0.1) is 0 Å². The van der Waals surface area contributed by atoms with Crippen LogP contribution in [0.3, 0.4) is 0 Å². The Balaban J connectivity index is 1.65. The number of aryl methyl sites for hydroxylation is 1. The molecule has 6 nitrogen and oxygen atoms in total. The number of nitrogens with one attached hydrogen (secondary N) is 1. The van der Waals surface area contributed by atoms with Crippen molar-refractivity contribution in [3.05, 3.63) is 18.1 Å². The van der Waals surface area contributed by atoms with Gasteiger partial charge in [-0.1, -0.05) is 6.92 Å². The predicted molar refractivity (Wildman–Crippen MR) is 74.5 cm³/mol. The molecule has 108 valence electrons. The molecule has 3 rings (SSSR count). The lowest BCUT2D eigenvalue weighted by Gasteiger charge is -2.33. The van der Waals surface area contributed by atoms with Crippen molar-refractivity contribution >= 4 is 11.7 Å². The number of hydrogen-bond donors (Lipinski definition) is 1. The van der Waals surface area contributed by atoms with Crippen LogP contribution >= 0.6 is 0 Å². The molecule has 2 fully saturated rings. The molecule has 1 amide bonds. The van der Waals surface area contributed by atoms with E-state index in [0.29, 0.717) is 19.2 Å². The molecule has 1 aliphatic carbocycles. The Morgan fingerprint density at radius 1 is 1.50 bits per heavy atom. The van der Waals surface area contributed by atoms with Crippen LogP contribution in [0.4, 0.5) is 5.82 Å². The van der Waals surface area contributed by atoms with Crippen molar-refractivity contribution < 1.29 is 9.53 Å². The normalized spacial score (nSPS) is 22.6. The largest absolute Gasteiger partial charge is 0.365 e. The van der Waals surface area contributed by atoms with Gasteiger partial charge in [-0.2, -0.15) is 0 Å². The minimum Gasteiger partial charge on any atom is -0.365 e. The molecule has 0 radical (unpaired) electrons. The van der Waals surface area contributed by atoms with Crippen molar-refractivity contribution in [1.82, 2.24) is 15.3 Å². The van der Waals surface area contributed by atoms with Crippen molar-refractivity contribution in [3.8, 4) is 0 Å². The van der Waals surface area contributed by atoms with Crippen LogP contribution in [0.1, 0.15) is 25.5 Å². The SMILES string of the molecule is CCc1cc(N2CCOC(C(=O)NC3CC3)C2)ncn1. The highest BCUT2D eigenvalue weighted by Crippen LogP contribution is 2.20. The van der Waals surface area contributed by atoms with E-state index >= 15 is 0 Å². The van der Waals surface area contributed by atoms with Crippen LogP contribution in [0.25, 0.3) is 0 Å². The number of amides is 1. The molecule has 20 heavy (non-hydrogen) atoms. The molecular formula is C14H20N4O2. The number of nitrogens with zero attached hydrogens (tertiary/aromatic N) is 3. The number of aromatic nitrogens is 2. The van der Waals surface area contributed by atoms with E-state index in [-0.39, 0.29) is 5.91 Å². The molecule has 2 heterocycles. The van der Waals surface area contributed by atoms with Crippen molar-refractivity contribution in [1.29, 1.82) is 0 Å². The fourth-order valence-corrected chi connectivity index (χ4v) is 2.29. The van der Waals surface area contributed by atoms with E-state index in [1.807, 2.05) is 6.07 Å². The summed E-state index contributed by atoms with van der Waals surface area (Å²) in [6.07, 6.45) is 4.25. The average Bonchev–Trinajstić information content (AvgIpc) is 3.31. The van der Waals surface area contributed by atoms with Gasteiger partial charge in [0.15, 0.2) is 6.10 Å². The Kier molecular flexibility index (Phi) is 3.82. The molecule has 1 saturated heterocycles. The summed E-state index contributed by atoms with van der Waals surface area (Å²) in [4.78, 5) is 22.7. The minimum absolute atomic E-state index is 0.00183. The van der Waals surface area contributed by atoms with Gasteiger partial charge in [0.1, 0.15) is 12.1 Å². The second kappa shape index (κ2) is 5.75. The highest BCUT2D eigenvalue weighted by atomic mass is 16.5. The Morgan fingerprint density at radius 2 is 2.35 bits per heavy atom. The lowest BCUT2D eigenvalue weighted by Crippen LogP contribution is -2.50. The van der Waals surface area contributed by atoms with Crippen LogP contribution in [0.2, 0.25) is 0 Å². The zero-order valence-electron chi connectivity index (χ0n) is 11.7. The molecule has 1 saturated carbocycles. The smallest absolute Gasteiger partial charge is 0.251 e. The standard InChI is InChI=1S/C14H20N4O2/c1-2-10-7-13(16-9-15-10)18-5-6-20-12(8-18)14(19)17-11-3-4-11/h7,9,11-12H,2-6,8H2,1H3,(H,17,19). The zero-order valence-corrected chi connectivity index (χ0v) is 11.7. The summed E-state index contributed by atoms with van der Waals surface area (Å²) in [7, 11) is 0. The Hall–Kier alpha value is -1.69. The fraction of sp³-hybridized carbons (Fsp3) is 0.643. The average molecular weight is 276 g/mol. The Labute approximate surface area is 118 Å². The van der Waals surface area contributed by atoms with E-state index < -0.39 is 6.10 Å². The maximum Gasteiger partial charge on any atom is 0.251 e. The quantitative estimate of drug-likeness (QED) is 0.868. The predicted octanol–water partition coefficient (Wildman–Crippen LogP) is 0.523. The van der Waals surface area contributed by atoms with E-state index in [9.17, 15) is 4.79 Å². The molecule has 1 unspecified atom stereocenters. The number of anilines is 1. The third kappa shape index (κ3) is 3.07. The first kappa shape index (κ1) is 13.3. The molecule has 1 N–H and O–H groups in total. The second-order valence-electron chi connectivity index (χ2n) is 5.31. The molecule has 6 heteroatoms. The van der Waals surface area contributed by atoms with Gasteiger partial charge < -0.3 is 15.0 Å². The zero-order chi connectivity index (χ0) is 13.9. The summed E-state index contributed by atoms with van der Waals surface area (Å²) in [5.74, 6) is 0.881. The van der Waals surface area contributed by atoms with Gasteiger partial charge in [-0.05, 0) is 19.3 Å². The van der Waals surface area contributed by atoms with E-state index in [1.54, 1.807) is 6.33 Å². The fourth-order valence-electron chi connectivity index (χ4n) is 2.29. The molecule has 0 aromatic carbocycles. The van der Waals surface area contributed by atoms with E-state index in [4.69, 9.17) is 4.74 Å². The molecule has 1 aromatic rings. The molecule has 2 aliphatic rings. The number of hydrogen-bond acceptors (Lipinski definition) is 5. The molecular weight excluding hydrogens is 256 g/mol. The monoisotopic (exact) mass is 276 g/mol. The highest BCUT2D eigenvalue weighted by Gasteiger charge is 2.31. The number of carbonyl (C=O) groups excluding carboxylic acids is 1. The van der Waals surface area contributed by atoms with Gasteiger partial charge >= 0.3 is 0 Å². The summed E-state index contributed by atoms with van der Waals surface area (Å²) in [5.41, 5.74) is 1.01. The van der Waals surface area contributed by atoms with Gasteiger partial charge in [0.25, 0.3) is 5.91 Å². The van der Waals surface area contributed by atoms with Gasteiger partial charge in [0.05, 0.1) is 13.2 Å². The van der Waals surface area contributed by atoms with E-state index in [0.717, 1.165) is 37.3 Å². The lowest BCUT2D eigenvalue weighted by molar-refractivity contribution is -0.133. The molecule has 0 spiro atoms. The Morgan fingerprint density at radius 3 is 3.10 bits per heavy atom. The second-order valence-corrected chi connectivity index (χ2v) is 5.31. The molecule has 0 bridgehead atoms. The van der Waals surface area contributed by atoms with Crippen LogP contribution in [0.15, 0.2) is 12.4 Å². The molecule has 1 aliphatic heterocycles. The van der Waals surface area contributed by atoms with Gasteiger partial charge in [-0.3, -0.25) is 4.79 Å². The van der Waals surface area contributed by atoms with E-state index in [1.165, 1.54) is 0 Å². The Bertz CT molecular complexity index is 490. The number of morpholine rings is 1. The third-order valence-electron chi connectivity index (χ3n) is 3.68. The van der Waals surface area contributed by atoms with Gasteiger partial charge in [0, 0.05) is 24.3 Å². The first-order valence-electron chi connectivity index (χ1n) is 7.24. The van der Waals surface area contributed by atoms with Gasteiger partial charge in [-0.25, -0.2) is 9.97 Å².